The standard InChI is InChI=1S/C14H13BrClN3/c15-9-5-7-10(8-6-9)17-14-18-12-4-2-1-3-11(12)13(16)19-14/h5-8H,1-4H2,(H,17,18,19). The number of rotatable bonds is 2. The second-order valence-electron chi connectivity index (χ2n) is 4.60. The van der Waals surface area contributed by atoms with E-state index >= 15 is 0 Å². The van der Waals surface area contributed by atoms with Crippen molar-refractivity contribution in [2.75, 3.05) is 5.32 Å². The van der Waals surface area contributed by atoms with E-state index in [4.69, 9.17) is 11.6 Å². The first-order valence-electron chi connectivity index (χ1n) is 6.30. The van der Waals surface area contributed by atoms with Gasteiger partial charge in [0.25, 0.3) is 0 Å². The first-order valence-corrected chi connectivity index (χ1v) is 7.47. The Morgan fingerprint density at radius 2 is 1.79 bits per heavy atom. The van der Waals surface area contributed by atoms with Crippen LogP contribution in [-0.2, 0) is 12.8 Å². The summed E-state index contributed by atoms with van der Waals surface area (Å²) in [5.41, 5.74) is 3.16. The molecule has 1 aliphatic rings. The number of aromatic nitrogens is 2. The molecule has 1 aliphatic carbocycles. The maximum Gasteiger partial charge on any atom is 0.228 e. The molecule has 1 aromatic heterocycles. The Morgan fingerprint density at radius 3 is 2.58 bits per heavy atom. The van der Waals surface area contributed by atoms with Gasteiger partial charge in [-0.15, -0.1) is 0 Å². The monoisotopic (exact) mass is 337 g/mol. The Labute approximate surface area is 125 Å². The maximum absolute atomic E-state index is 6.24. The zero-order valence-corrected chi connectivity index (χ0v) is 12.6. The van der Waals surface area contributed by atoms with Gasteiger partial charge in [0.05, 0.1) is 5.69 Å². The summed E-state index contributed by atoms with van der Waals surface area (Å²) in [6.07, 6.45) is 4.34. The first-order chi connectivity index (χ1) is 9.22. The third-order valence-electron chi connectivity index (χ3n) is 3.23. The highest BCUT2D eigenvalue weighted by molar-refractivity contribution is 9.10. The van der Waals surface area contributed by atoms with Crippen molar-refractivity contribution in [2.24, 2.45) is 0 Å². The van der Waals surface area contributed by atoms with Crippen molar-refractivity contribution in [2.45, 2.75) is 25.7 Å². The van der Waals surface area contributed by atoms with Gasteiger partial charge in [-0.3, -0.25) is 0 Å². The van der Waals surface area contributed by atoms with Crippen LogP contribution >= 0.6 is 27.5 Å². The maximum atomic E-state index is 6.24. The quantitative estimate of drug-likeness (QED) is 0.818. The Bertz CT molecular complexity index is 598. The van der Waals surface area contributed by atoms with Crippen LogP contribution in [0.2, 0.25) is 5.15 Å². The highest BCUT2D eigenvalue weighted by atomic mass is 79.9. The molecule has 5 heteroatoms. The zero-order valence-electron chi connectivity index (χ0n) is 10.3. The van der Waals surface area contributed by atoms with Crippen molar-refractivity contribution in [1.29, 1.82) is 0 Å². The average molecular weight is 339 g/mol. The normalized spacial score (nSPS) is 14.0. The van der Waals surface area contributed by atoms with E-state index in [9.17, 15) is 0 Å². The number of anilines is 2. The fourth-order valence-corrected chi connectivity index (χ4v) is 2.81. The highest BCUT2D eigenvalue weighted by Crippen LogP contribution is 2.27. The van der Waals surface area contributed by atoms with Crippen molar-refractivity contribution in [3.8, 4) is 0 Å². The fourth-order valence-electron chi connectivity index (χ4n) is 2.27. The molecule has 0 radical (unpaired) electrons. The van der Waals surface area contributed by atoms with Crippen molar-refractivity contribution >= 4 is 39.2 Å². The summed E-state index contributed by atoms with van der Waals surface area (Å²) in [6.45, 7) is 0. The number of nitrogens with one attached hydrogen (secondary N) is 1. The molecule has 0 bridgehead atoms. The van der Waals surface area contributed by atoms with Crippen LogP contribution in [0.3, 0.4) is 0 Å². The lowest BCUT2D eigenvalue weighted by Crippen LogP contribution is -2.10. The summed E-state index contributed by atoms with van der Waals surface area (Å²) in [5.74, 6) is 0.577. The molecule has 3 nitrogen and oxygen atoms in total. The highest BCUT2D eigenvalue weighted by Gasteiger charge is 2.16. The van der Waals surface area contributed by atoms with E-state index in [-0.39, 0.29) is 0 Å². The minimum absolute atomic E-state index is 0.577. The number of hydrogen-bond acceptors (Lipinski definition) is 3. The predicted molar refractivity (Wildman–Crippen MR) is 81.1 cm³/mol. The topological polar surface area (TPSA) is 37.8 Å². The summed E-state index contributed by atoms with van der Waals surface area (Å²) >= 11 is 9.65. The minimum atomic E-state index is 0.577. The molecule has 0 spiro atoms. The molecule has 1 N–H and O–H groups in total. The Kier molecular flexibility index (Phi) is 3.71. The van der Waals surface area contributed by atoms with E-state index in [1.165, 1.54) is 12.8 Å². The first kappa shape index (κ1) is 12.9. The molecule has 0 unspecified atom stereocenters. The van der Waals surface area contributed by atoms with E-state index in [1.54, 1.807) is 0 Å². The molecule has 2 aromatic rings. The van der Waals surface area contributed by atoms with E-state index in [1.807, 2.05) is 24.3 Å². The number of hydrogen-bond donors (Lipinski definition) is 1. The molecule has 0 aliphatic heterocycles. The van der Waals surface area contributed by atoms with Gasteiger partial charge in [0, 0.05) is 15.7 Å². The second-order valence-corrected chi connectivity index (χ2v) is 5.88. The van der Waals surface area contributed by atoms with Gasteiger partial charge in [-0.25, -0.2) is 9.97 Å². The van der Waals surface area contributed by atoms with Crippen molar-refractivity contribution in [1.82, 2.24) is 9.97 Å². The summed E-state index contributed by atoms with van der Waals surface area (Å²) in [7, 11) is 0. The van der Waals surface area contributed by atoms with Gasteiger partial charge in [-0.1, -0.05) is 27.5 Å². The lowest BCUT2D eigenvalue weighted by atomic mass is 9.97. The van der Waals surface area contributed by atoms with Crippen molar-refractivity contribution in [3.05, 3.63) is 45.1 Å². The number of fused-ring (bicyclic) bond motifs is 1. The second kappa shape index (κ2) is 5.47. The van der Waals surface area contributed by atoms with Crippen molar-refractivity contribution in [3.63, 3.8) is 0 Å². The molecule has 0 amide bonds. The summed E-state index contributed by atoms with van der Waals surface area (Å²) < 4.78 is 1.04. The van der Waals surface area contributed by atoms with Crippen molar-refractivity contribution < 1.29 is 0 Å². The third-order valence-corrected chi connectivity index (χ3v) is 4.07. The van der Waals surface area contributed by atoms with E-state index in [2.05, 4.69) is 31.2 Å². The fraction of sp³-hybridized carbons (Fsp3) is 0.286. The van der Waals surface area contributed by atoms with Crippen LogP contribution in [0.4, 0.5) is 11.6 Å². The Morgan fingerprint density at radius 1 is 1.05 bits per heavy atom. The van der Waals surface area contributed by atoms with Gasteiger partial charge in [-0.05, 0) is 49.9 Å². The van der Waals surface area contributed by atoms with Crippen LogP contribution in [0.15, 0.2) is 28.7 Å². The van der Waals surface area contributed by atoms with E-state index in [0.717, 1.165) is 34.3 Å². The van der Waals surface area contributed by atoms with E-state index in [0.29, 0.717) is 11.1 Å². The Balaban J connectivity index is 1.89. The smallest absolute Gasteiger partial charge is 0.228 e. The third kappa shape index (κ3) is 2.90. The molecule has 0 saturated heterocycles. The Hall–Kier alpha value is -1.13. The van der Waals surface area contributed by atoms with Gasteiger partial charge in [0.15, 0.2) is 0 Å². The number of benzene rings is 1. The number of aryl methyl sites for hydroxylation is 1. The van der Waals surface area contributed by atoms with Crippen LogP contribution in [0.1, 0.15) is 24.1 Å². The number of halogens is 2. The lowest BCUT2D eigenvalue weighted by Gasteiger charge is -2.16. The van der Waals surface area contributed by atoms with Crippen LogP contribution in [0, 0.1) is 0 Å². The van der Waals surface area contributed by atoms with E-state index < -0.39 is 0 Å². The molecule has 98 valence electrons. The minimum Gasteiger partial charge on any atom is -0.324 e. The molecule has 19 heavy (non-hydrogen) atoms. The van der Waals surface area contributed by atoms with Gasteiger partial charge < -0.3 is 5.32 Å². The van der Waals surface area contributed by atoms with Gasteiger partial charge >= 0.3 is 0 Å². The van der Waals surface area contributed by atoms with Crippen LogP contribution in [0.25, 0.3) is 0 Å². The van der Waals surface area contributed by atoms with Crippen LogP contribution in [0.5, 0.6) is 0 Å². The largest absolute Gasteiger partial charge is 0.324 e. The zero-order chi connectivity index (χ0) is 13.2. The van der Waals surface area contributed by atoms with Gasteiger partial charge in [0.1, 0.15) is 5.15 Å². The molecule has 1 heterocycles. The predicted octanol–water partition coefficient (Wildman–Crippen LogP) is 4.51. The van der Waals surface area contributed by atoms with Crippen LogP contribution < -0.4 is 5.32 Å². The summed E-state index contributed by atoms with van der Waals surface area (Å²) in [5, 5.41) is 3.78. The molecule has 0 fully saturated rings. The summed E-state index contributed by atoms with van der Waals surface area (Å²) in [4.78, 5) is 8.91. The number of nitrogens with zero attached hydrogens (tertiary/aromatic N) is 2. The average Bonchev–Trinajstić information content (AvgIpc) is 2.42. The van der Waals surface area contributed by atoms with Gasteiger partial charge in [-0.2, -0.15) is 0 Å². The molecular formula is C14H13BrClN3. The van der Waals surface area contributed by atoms with Crippen LogP contribution in [-0.4, -0.2) is 9.97 Å². The van der Waals surface area contributed by atoms with Gasteiger partial charge in [0.2, 0.25) is 5.95 Å². The molecular weight excluding hydrogens is 326 g/mol. The lowest BCUT2D eigenvalue weighted by molar-refractivity contribution is 0.664. The molecule has 3 rings (SSSR count). The molecule has 1 aromatic carbocycles. The SMILES string of the molecule is Clc1nc(Nc2ccc(Br)cc2)nc2c1CCCC2. The summed E-state index contributed by atoms with van der Waals surface area (Å²) in [6, 6.07) is 7.90. The molecule has 0 atom stereocenters. The molecule has 0 saturated carbocycles.